The van der Waals surface area contributed by atoms with Crippen LogP contribution in [0.3, 0.4) is 0 Å². The van der Waals surface area contributed by atoms with Crippen LogP contribution in [0.25, 0.3) is 0 Å². The lowest BCUT2D eigenvalue weighted by Gasteiger charge is -2.25. The molecule has 0 saturated carbocycles. The molecule has 0 bridgehead atoms. The van der Waals surface area contributed by atoms with Crippen LogP contribution in [0.2, 0.25) is 0 Å². The number of amides is 1. The second-order valence-corrected chi connectivity index (χ2v) is 8.83. The molecular weight excluding hydrogens is 400 g/mol. The van der Waals surface area contributed by atoms with Gasteiger partial charge >= 0.3 is 5.97 Å². The predicted octanol–water partition coefficient (Wildman–Crippen LogP) is 4.97. The summed E-state index contributed by atoms with van der Waals surface area (Å²) in [6.07, 6.45) is 7.39. The van der Waals surface area contributed by atoms with E-state index < -0.39 is 12.1 Å². The number of benzene rings is 1. The van der Waals surface area contributed by atoms with Crippen molar-refractivity contribution in [1.82, 2.24) is 4.98 Å². The van der Waals surface area contributed by atoms with Crippen molar-refractivity contribution in [3.63, 3.8) is 0 Å². The van der Waals surface area contributed by atoms with Crippen molar-refractivity contribution in [2.24, 2.45) is 0 Å². The minimum absolute atomic E-state index is 0.102. The van der Waals surface area contributed by atoms with Gasteiger partial charge in [-0.3, -0.25) is 4.79 Å². The monoisotopic (exact) mass is 430 g/mol. The lowest BCUT2D eigenvalue weighted by molar-refractivity contribution is -0.117. The van der Waals surface area contributed by atoms with E-state index in [1.54, 1.807) is 5.38 Å². The number of hydrogen-bond acceptors (Lipinski definition) is 5. The highest BCUT2D eigenvalue weighted by atomic mass is 32.1. The zero-order valence-electron chi connectivity index (χ0n) is 17.4. The van der Waals surface area contributed by atoms with Crippen LogP contribution < -0.4 is 4.90 Å². The van der Waals surface area contributed by atoms with E-state index in [9.17, 15) is 14.7 Å². The first-order chi connectivity index (χ1) is 14.5. The Balaban J connectivity index is 1.56. The quantitative estimate of drug-likeness (QED) is 0.491. The van der Waals surface area contributed by atoms with Crippen LogP contribution in [0.15, 0.2) is 29.6 Å². The molecule has 162 valence electrons. The zero-order chi connectivity index (χ0) is 21.5. The van der Waals surface area contributed by atoms with Crippen LogP contribution >= 0.6 is 11.3 Å². The third-order valence-electron chi connectivity index (χ3n) is 5.66. The van der Waals surface area contributed by atoms with Gasteiger partial charge in [0, 0.05) is 23.5 Å². The highest BCUT2D eigenvalue weighted by Gasteiger charge is 2.31. The second-order valence-electron chi connectivity index (χ2n) is 7.88. The van der Waals surface area contributed by atoms with E-state index in [-0.39, 0.29) is 17.6 Å². The summed E-state index contributed by atoms with van der Waals surface area (Å²) in [6, 6.07) is 7.88. The molecule has 2 atom stereocenters. The van der Waals surface area contributed by atoms with Crippen molar-refractivity contribution in [1.29, 1.82) is 0 Å². The molecule has 1 saturated heterocycles. The van der Waals surface area contributed by atoms with E-state index in [1.165, 1.54) is 11.3 Å². The molecule has 1 fully saturated rings. The van der Waals surface area contributed by atoms with Gasteiger partial charge < -0.3 is 15.1 Å². The molecule has 0 aliphatic carbocycles. The van der Waals surface area contributed by atoms with Gasteiger partial charge in [-0.1, -0.05) is 38.3 Å². The maximum atomic E-state index is 12.5. The lowest BCUT2D eigenvalue weighted by atomic mass is 10.0. The second kappa shape index (κ2) is 10.7. The third kappa shape index (κ3) is 5.67. The van der Waals surface area contributed by atoms with E-state index in [0.717, 1.165) is 67.6 Å². The van der Waals surface area contributed by atoms with Crippen molar-refractivity contribution in [2.45, 2.75) is 76.9 Å². The van der Waals surface area contributed by atoms with Crippen molar-refractivity contribution >= 4 is 28.9 Å². The number of carboxylic acid groups (broad SMARTS) is 1. The predicted molar refractivity (Wildman–Crippen MR) is 118 cm³/mol. The number of carbonyl (C=O) groups excluding carboxylic acids is 1. The number of aromatic nitrogens is 1. The number of carbonyl (C=O) groups is 2. The number of carboxylic acids is 1. The molecule has 1 aromatic carbocycles. The number of anilines is 1. The molecule has 0 radical (unpaired) electrons. The Morgan fingerprint density at radius 3 is 2.70 bits per heavy atom. The normalized spacial score (nSPS) is 17.5. The Morgan fingerprint density at radius 1 is 1.27 bits per heavy atom. The minimum Gasteiger partial charge on any atom is -0.476 e. The van der Waals surface area contributed by atoms with Gasteiger partial charge in [0.2, 0.25) is 5.91 Å². The molecule has 0 spiro atoms. The van der Waals surface area contributed by atoms with Gasteiger partial charge in [0.25, 0.3) is 0 Å². The maximum Gasteiger partial charge on any atom is 0.355 e. The van der Waals surface area contributed by atoms with Gasteiger partial charge in [-0.2, -0.15) is 0 Å². The maximum absolute atomic E-state index is 12.5. The summed E-state index contributed by atoms with van der Waals surface area (Å²) < 4.78 is 0. The summed E-state index contributed by atoms with van der Waals surface area (Å²) in [7, 11) is 0. The number of aromatic carboxylic acids is 1. The van der Waals surface area contributed by atoms with Crippen molar-refractivity contribution in [3.05, 3.63) is 45.9 Å². The van der Waals surface area contributed by atoms with Crippen molar-refractivity contribution in [3.8, 4) is 0 Å². The fourth-order valence-corrected chi connectivity index (χ4v) is 4.81. The Labute approximate surface area is 181 Å². The Hall–Kier alpha value is -2.25. The topological polar surface area (TPSA) is 90.7 Å². The van der Waals surface area contributed by atoms with Gasteiger partial charge in [-0.25, -0.2) is 9.78 Å². The first-order valence-electron chi connectivity index (χ1n) is 10.8. The number of rotatable bonds is 11. The lowest BCUT2D eigenvalue weighted by Crippen LogP contribution is -2.32. The molecule has 2 heterocycles. The summed E-state index contributed by atoms with van der Waals surface area (Å²) >= 11 is 1.37. The van der Waals surface area contributed by atoms with Gasteiger partial charge in [-0.05, 0) is 49.8 Å². The number of aryl methyl sites for hydroxylation is 1. The Kier molecular flexibility index (Phi) is 7.99. The van der Waals surface area contributed by atoms with Crippen LogP contribution in [0.1, 0.15) is 85.5 Å². The van der Waals surface area contributed by atoms with Crippen LogP contribution in [0.5, 0.6) is 0 Å². The highest BCUT2D eigenvalue weighted by Crippen LogP contribution is 2.31. The minimum atomic E-state index is -0.996. The molecule has 1 aliphatic rings. The van der Waals surface area contributed by atoms with E-state index in [2.05, 4.69) is 11.9 Å². The molecule has 1 aromatic heterocycles. The number of aliphatic hydroxyl groups excluding tert-OH is 1. The van der Waals surface area contributed by atoms with Gasteiger partial charge in [0.1, 0.15) is 0 Å². The standard InChI is InChI=1S/C23H30N2O4S/c1-2-3-4-7-20(26)16-9-11-18(12-10-16)25-17(13-14-22(25)27)6-5-8-21-24-19(15-30-21)23(28)29/h9-12,15,17,20,26H,2-8,13-14H2,1H3,(H,28,29)/t17-,20-/m0/s1. The number of hydrogen-bond donors (Lipinski definition) is 2. The summed E-state index contributed by atoms with van der Waals surface area (Å²) in [4.78, 5) is 29.5. The highest BCUT2D eigenvalue weighted by molar-refractivity contribution is 7.09. The summed E-state index contributed by atoms with van der Waals surface area (Å²) in [5.74, 6) is -0.859. The zero-order valence-corrected chi connectivity index (χ0v) is 18.2. The molecule has 1 amide bonds. The number of nitrogens with zero attached hydrogens (tertiary/aromatic N) is 2. The van der Waals surface area contributed by atoms with Crippen molar-refractivity contribution in [2.75, 3.05) is 4.90 Å². The Morgan fingerprint density at radius 2 is 2.03 bits per heavy atom. The smallest absolute Gasteiger partial charge is 0.355 e. The van der Waals surface area contributed by atoms with Gasteiger partial charge in [-0.15, -0.1) is 11.3 Å². The van der Waals surface area contributed by atoms with E-state index in [1.807, 2.05) is 29.2 Å². The molecular formula is C23H30N2O4S. The molecule has 3 rings (SSSR count). The molecule has 1 aliphatic heterocycles. The summed E-state index contributed by atoms with van der Waals surface area (Å²) in [6.45, 7) is 2.15. The molecule has 30 heavy (non-hydrogen) atoms. The van der Waals surface area contributed by atoms with Crippen LogP contribution in [0.4, 0.5) is 5.69 Å². The average molecular weight is 431 g/mol. The van der Waals surface area contributed by atoms with Gasteiger partial charge in [0.15, 0.2) is 5.69 Å². The molecule has 2 aromatic rings. The molecule has 2 N–H and O–H groups in total. The first kappa shape index (κ1) is 22.4. The molecule has 6 nitrogen and oxygen atoms in total. The van der Waals surface area contributed by atoms with Crippen LogP contribution in [-0.2, 0) is 11.2 Å². The Bertz CT molecular complexity index is 849. The largest absolute Gasteiger partial charge is 0.476 e. The number of aliphatic hydroxyl groups is 1. The number of unbranched alkanes of at least 4 members (excludes halogenated alkanes) is 2. The van der Waals surface area contributed by atoms with Crippen LogP contribution in [0, 0.1) is 0 Å². The van der Waals surface area contributed by atoms with E-state index in [4.69, 9.17) is 5.11 Å². The average Bonchev–Trinajstić information content (AvgIpc) is 3.35. The van der Waals surface area contributed by atoms with Crippen LogP contribution in [-0.4, -0.2) is 33.1 Å². The van der Waals surface area contributed by atoms with Crippen molar-refractivity contribution < 1.29 is 19.8 Å². The number of thiazole rings is 1. The SMILES string of the molecule is CCCCC[C@H](O)c1ccc(N2C(=O)CC[C@@H]2CCCc2nc(C(=O)O)cs2)cc1. The molecule has 0 unspecified atom stereocenters. The third-order valence-corrected chi connectivity index (χ3v) is 6.57. The molecule has 7 heteroatoms. The summed E-state index contributed by atoms with van der Waals surface area (Å²) in [5.41, 5.74) is 1.88. The van der Waals surface area contributed by atoms with Gasteiger partial charge in [0.05, 0.1) is 11.1 Å². The fourth-order valence-electron chi connectivity index (χ4n) is 4.00. The summed E-state index contributed by atoms with van der Waals surface area (Å²) in [5, 5.41) is 21.7. The first-order valence-corrected chi connectivity index (χ1v) is 11.6. The van der Waals surface area contributed by atoms with E-state index >= 15 is 0 Å². The fraction of sp³-hybridized carbons (Fsp3) is 0.522. The van der Waals surface area contributed by atoms with E-state index in [0.29, 0.717) is 6.42 Å².